The molecule has 0 aliphatic rings. The van der Waals surface area contributed by atoms with Crippen LogP contribution >= 0.6 is 0 Å². The minimum Gasteiger partial charge on any atom is -0.402 e. The third-order valence-electron chi connectivity index (χ3n) is 2.98. The summed E-state index contributed by atoms with van der Waals surface area (Å²) in [6.07, 6.45) is 7.78. The van der Waals surface area contributed by atoms with Crippen LogP contribution in [0.3, 0.4) is 0 Å². The monoisotopic (exact) mass is 244 g/mol. The summed E-state index contributed by atoms with van der Waals surface area (Å²) in [5.41, 5.74) is 10.7. The number of anilines is 1. The SMILES string of the molecule is C=CNc1ccc(CC/C(N)=C/CC)cc1CC. The van der Waals surface area contributed by atoms with Crippen LogP contribution in [-0.4, -0.2) is 0 Å². The lowest BCUT2D eigenvalue weighted by molar-refractivity contribution is 0.910. The van der Waals surface area contributed by atoms with Crippen LogP contribution in [0.2, 0.25) is 0 Å². The summed E-state index contributed by atoms with van der Waals surface area (Å²) in [5.74, 6) is 0. The average Bonchev–Trinajstić information content (AvgIpc) is 2.38. The molecule has 2 nitrogen and oxygen atoms in total. The van der Waals surface area contributed by atoms with Gasteiger partial charge in [-0.2, -0.15) is 0 Å². The zero-order valence-corrected chi connectivity index (χ0v) is 11.5. The molecule has 2 heteroatoms. The molecule has 18 heavy (non-hydrogen) atoms. The maximum Gasteiger partial charge on any atom is 0.0412 e. The molecular formula is C16H24N2. The molecule has 0 amide bonds. The van der Waals surface area contributed by atoms with Gasteiger partial charge in [-0.15, -0.1) is 0 Å². The third-order valence-corrected chi connectivity index (χ3v) is 2.98. The van der Waals surface area contributed by atoms with Crippen LogP contribution in [0.5, 0.6) is 0 Å². The third kappa shape index (κ3) is 4.28. The number of allylic oxidation sites excluding steroid dienone is 2. The van der Waals surface area contributed by atoms with E-state index in [9.17, 15) is 0 Å². The molecule has 0 aliphatic heterocycles. The van der Waals surface area contributed by atoms with Crippen LogP contribution in [0.25, 0.3) is 0 Å². The first kappa shape index (κ1) is 14.4. The van der Waals surface area contributed by atoms with E-state index in [0.29, 0.717) is 0 Å². The fourth-order valence-corrected chi connectivity index (χ4v) is 2.00. The molecule has 0 atom stereocenters. The highest BCUT2D eigenvalue weighted by Gasteiger charge is 2.02. The van der Waals surface area contributed by atoms with E-state index < -0.39 is 0 Å². The van der Waals surface area contributed by atoms with E-state index in [4.69, 9.17) is 5.73 Å². The molecule has 98 valence electrons. The lowest BCUT2D eigenvalue weighted by Gasteiger charge is -2.10. The van der Waals surface area contributed by atoms with Gasteiger partial charge in [0.15, 0.2) is 0 Å². The molecule has 0 spiro atoms. The molecule has 0 saturated carbocycles. The fourth-order valence-electron chi connectivity index (χ4n) is 2.00. The summed E-state index contributed by atoms with van der Waals surface area (Å²) >= 11 is 0. The standard InChI is InChI=1S/C16H24N2/c1-4-7-15(17)10-8-13-9-11-16(18-6-3)14(5-2)12-13/h6-7,9,11-12,18H,3-5,8,10,17H2,1-2H3/b15-7-. The normalized spacial score (nSPS) is 11.3. The molecule has 0 fully saturated rings. The summed E-state index contributed by atoms with van der Waals surface area (Å²) < 4.78 is 0. The van der Waals surface area contributed by atoms with Gasteiger partial charge in [-0.25, -0.2) is 0 Å². The number of nitrogens with one attached hydrogen (secondary N) is 1. The number of nitrogens with two attached hydrogens (primary N) is 1. The predicted octanol–water partition coefficient (Wildman–Crippen LogP) is 3.99. The molecule has 1 aromatic rings. The summed E-state index contributed by atoms with van der Waals surface area (Å²) in [7, 11) is 0. The summed E-state index contributed by atoms with van der Waals surface area (Å²) in [5, 5.41) is 3.17. The highest BCUT2D eigenvalue weighted by atomic mass is 14.8. The first-order valence-electron chi connectivity index (χ1n) is 6.65. The van der Waals surface area contributed by atoms with Crippen molar-refractivity contribution in [3.63, 3.8) is 0 Å². The lowest BCUT2D eigenvalue weighted by Crippen LogP contribution is -2.00. The van der Waals surface area contributed by atoms with Crippen molar-refractivity contribution in [1.82, 2.24) is 0 Å². The van der Waals surface area contributed by atoms with Crippen LogP contribution in [0.15, 0.2) is 42.8 Å². The van der Waals surface area contributed by atoms with Crippen molar-refractivity contribution < 1.29 is 0 Å². The number of aryl methyl sites for hydroxylation is 2. The predicted molar refractivity (Wildman–Crippen MR) is 80.5 cm³/mol. The molecule has 1 aromatic carbocycles. The second-order valence-corrected chi connectivity index (χ2v) is 4.38. The van der Waals surface area contributed by atoms with Crippen LogP contribution in [-0.2, 0) is 12.8 Å². The topological polar surface area (TPSA) is 38.0 Å². The molecular weight excluding hydrogens is 220 g/mol. The van der Waals surface area contributed by atoms with Crippen molar-refractivity contribution in [2.75, 3.05) is 5.32 Å². The molecule has 0 bridgehead atoms. The number of benzene rings is 1. The molecule has 0 radical (unpaired) electrons. The zero-order chi connectivity index (χ0) is 13.4. The molecule has 0 heterocycles. The van der Waals surface area contributed by atoms with Gasteiger partial charge >= 0.3 is 0 Å². The maximum absolute atomic E-state index is 5.92. The van der Waals surface area contributed by atoms with Crippen molar-refractivity contribution in [3.05, 3.63) is 53.9 Å². The number of hydrogen-bond acceptors (Lipinski definition) is 2. The van der Waals surface area contributed by atoms with Gasteiger partial charge in [-0.1, -0.05) is 38.6 Å². The number of hydrogen-bond donors (Lipinski definition) is 2. The summed E-state index contributed by atoms with van der Waals surface area (Å²) in [4.78, 5) is 0. The van der Waals surface area contributed by atoms with E-state index in [0.717, 1.165) is 37.1 Å². The first-order chi connectivity index (χ1) is 8.71. The Morgan fingerprint density at radius 1 is 1.39 bits per heavy atom. The Hall–Kier alpha value is -1.70. The Kier molecular flexibility index (Phi) is 6.06. The molecule has 0 aliphatic carbocycles. The van der Waals surface area contributed by atoms with E-state index in [1.807, 2.05) is 0 Å². The Morgan fingerprint density at radius 2 is 2.17 bits per heavy atom. The van der Waals surface area contributed by atoms with Crippen LogP contribution in [0.4, 0.5) is 5.69 Å². The molecule has 0 aromatic heterocycles. The smallest absolute Gasteiger partial charge is 0.0412 e. The van der Waals surface area contributed by atoms with E-state index >= 15 is 0 Å². The summed E-state index contributed by atoms with van der Waals surface area (Å²) in [6, 6.07) is 6.53. The van der Waals surface area contributed by atoms with Crippen molar-refractivity contribution in [2.45, 2.75) is 39.5 Å². The van der Waals surface area contributed by atoms with Gasteiger partial charge in [0.05, 0.1) is 0 Å². The fraction of sp³-hybridized carbons (Fsp3) is 0.375. The Labute approximate surface area is 111 Å². The largest absolute Gasteiger partial charge is 0.402 e. The van der Waals surface area contributed by atoms with E-state index in [1.54, 1.807) is 6.20 Å². The molecule has 0 unspecified atom stereocenters. The molecule has 0 saturated heterocycles. The molecule has 1 rings (SSSR count). The molecule has 3 N–H and O–H groups in total. The van der Waals surface area contributed by atoms with E-state index in [2.05, 4.69) is 50.0 Å². The van der Waals surface area contributed by atoms with Gasteiger partial charge in [0.1, 0.15) is 0 Å². The zero-order valence-electron chi connectivity index (χ0n) is 11.5. The average molecular weight is 244 g/mol. The van der Waals surface area contributed by atoms with Gasteiger partial charge in [0.25, 0.3) is 0 Å². The van der Waals surface area contributed by atoms with Crippen LogP contribution in [0.1, 0.15) is 37.8 Å². The van der Waals surface area contributed by atoms with Crippen molar-refractivity contribution in [2.24, 2.45) is 5.73 Å². The van der Waals surface area contributed by atoms with Crippen molar-refractivity contribution >= 4 is 5.69 Å². The minimum absolute atomic E-state index is 0.936. The van der Waals surface area contributed by atoms with Crippen molar-refractivity contribution in [1.29, 1.82) is 0 Å². The van der Waals surface area contributed by atoms with Gasteiger partial charge in [-0.05, 0) is 49.1 Å². The number of rotatable bonds is 7. The maximum atomic E-state index is 5.92. The Morgan fingerprint density at radius 3 is 2.78 bits per heavy atom. The lowest BCUT2D eigenvalue weighted by atomic mass is 10.0. The second kappa shape index (κ2) is 7.59. The van der Waals surface area contributed by atoms with Gasteiger partial charge < -0.3 is 11.1 Å². The minimum atomic E-state index is 0.936. The van der Waals surface area contributed by atoms with Crippen LogP contribution in [0, 0.1) is 0 Å². The van der Waals surface area contributed by atoms with Gasteiger partial charge in [0.2, 0.25) is 0 Å². The Balaban J connectivity index is 2.73. The van der Waals surface area contributed by atoms with Crippen molar-refractivity contribution in [3.8, 4) is 0 Å². The second-order valence-electron chi connectivity index (χ2n) is 4.38. The highest BCUT2D eigenvalue weighted by Crippen LogP contribution is 2.19. The highest BCUT2D eigenvalue weighted by molar-refractivity contribution is 5.54. The summed E-state index contributed by atoms with van der Waals surface area (Å²) in [6.45, 7) is 7.97. The van der Waals surface area contributed by atoms with Crippen LogP contribution < -0.4 is 11.1 Å². The van der Waals surface area contributed by atoms with E-state index in [-0.39, 0.29) is 0 Å². The van der Waals surface area contributed by atoms with Gasteiger partial charge in [-0.3, -0.25) is 0 Å². The van der Waals surface area contributed by atoms with Gasteiger partial charge in [0, 0.05) is 11.4 Å². The van der Waals surface area contributed by atoms with E-state index in [1.165, 1.54) is 11.1 Å². The quantitative estimate of drug-likeness (QED) is 0.761. The first-order valence-corrected chi connectivity index (χ1v) is 6.65. The Bertz CT molecular complexity index is 419.